The van der Waals surface area contributed by atoms with E-state index in [0.717, 1.165) is 5.69 Å². The van der Waals surface area contributed by atoms with Gasteiger partial charge in [0, 0.05) is 6.04 Å². The number of carbonyl (C=O) groups excluding carboxylic acids is 1. The van der Waals surface area contributed by atoms with E-state index in [9.17, 15) is 4.79 Å². The minimum Gasteiger partial charge on any atom is -0.368 e. The van der Waals surface area contributed by atoms with Gasteiger partial charge in [0.25, 0.3) is 0 Å². The molecule has 15 heavy (non-hydrogen) atoms. The average Bonchev–Trinajstić information content (AvgIpc) is 2.61. The molecule has 0 saturated carbocycles. The zero-order valence-electron chi connectivity index (χ0n) is 9.40. The highest BCUT2D eigenvalue weighted by Crippen LogP contribution is 2.16. The number of hydrogen-bond acceptors (Lipinski definition) is 3. The number of hydrogen-bond donors (Lipinski definition) is 2. The Morgan fingerprint density at radius 3 is 2.80 bits per heavy atom. The topological polar surface area (TPSA) is 72.9 Å². The number of nitrogens with two attached hydrogens (primary N) is 1. The van der Waals surface area contributed by atoms with Crippen LogP contribution in [0.4, 0.5) is 0 Å². The lowest BCUT2D eigenvalue weighted by atomic mass is 10.2. The number of primary amides is 1. The van der Waals surface area contributed by atoms with Crippen molar-refractivity contribution in [3.8, 4) is 0 Å². The molecule has 84 valence electrons. The van der Waals surface area contributed by atoms with Crippen LogP contribution in [0.25, 0.3) is 0 Å². The van der Waals surface area contributed by atoms with Crippen molar-refractivity contribution < 1.29 is 4.79 Å². The molecule has 0 aromatic carbocycles. The second-order valence-electron chi connectivity index (χ2n) is 3.71. The van der Waals surface area contributed by atoms with Crippen LogP contribution >= 0.6 is 0 Å². The molecule has 0 spiro atoms. The molecular weight excluding hydrogens is 192 g/mol. The van der Waals surface area contributed by atoms with Crippen LogP contribution < -0.4 is 11.1 Å². The zero-order chi connectivity index (χ0) is 11.4. The smallest absolute Gasteiger partial charge is 0.240 e. The van der Waals surface area contributed by atoms with Crippen molar-refractivity contribution in [2.45, 2.75) is 32.9 Å². The van der Waals surface area contributed by atoms with Gasteiger partial charge in [0.15, 0.2) is 0 Å². The van der Waals surface area contributed by atoms with Gasteiger partial charge in [0.1, 0.15) is 6.04 Å². The van der Waals surface area contributed by atoms with E-state index in [2.05, 4.69) is 10.3 Å². The third kappa shape index (κ3) is 2.56. The number of carbonyl (C=O) groups is 1. The van der Waals surface area contributed by atoms with Gasteiger partial charge in [0.05, 0.1) is 18.2 Å². The molecule has 1 aromatic heterocycles. The van der Waals surface area contributed by atoms with Gasteiger partial charge in [-0.25, -0.2) is 4.98 Å². The summed E-state index contributed by atoms with van der Waals surface area (Å²) in [5, 5.41) is 3.04. The molecular formula is C10H18N4O. The fraction of sp³-hybridized carbons (Fsp3) is 0.600. The molecule has 1 rings (SSSR count). The fourth-order valence-electron chi connectivity index (χ4n) is 1.52. The van der Waals surface area contributed by atoms with E-state index in [-0.39, 0.29) is 11.9 Å². The van der Waals surface area contributed by atoms with Gasteiger partial charge in [0.2, 0.25) is 5.91 Å². The molecule has 1 heterocycles. The van der Waals surface area contributed by atoms with Crippen LogP contribution in [-0.4, -0.2) is 22.0 Å². The maximum Gasteiger partial charge on any atom is 0.240 e. The van der Waals surface area contributed by atoms with Crippen LogP contribution in [0, 0.1) is 0 Å². The number of nitrogens with one attached hydrogen (secondary N) is 1. The van der Waals surface area contributed by atoms with Crippen LogP contribution in [0.15, 0.2) is 12.5 Å². The van der Waals surface area contributed by atoms with Gasteiger partial charge >= 0.3 is 0 Å². The molecule has 5 nitrogen and oxygen atoms in total. The zero-order valence-corrected chi connectivity index (χ0v) is 9.40. The van der Waals surface area contributed by atoms with Crippen molar-refractivity contribution >= 4 is 5.91 Å². The Morgan fingerprint density at radius 2 is 2.33 bits per heavy atom. The van der Waals surface area contributed by atoms with E-state index in [1.54, 1.807) is 12.5 Å². The maximum absolute atomic E-state index is 11.3. The van der Waals surface area contributed by atoms with E-state index >= 15 is 0 Å². The second kappa shape index (κ2) is 4.93. The molecule has 3 N–H and O–H groups in total. The highest BCUT2D eigenvalue weighted by molar-refractivity contribution is 5.80. The molecule has 1 amide bonds. The quantitative estimate of drug-likeness (QED) is 0.747. The Kier molecular flexibility index (Phi) is 3.85. The second-order valence-corrected chi connectivity index (χ2v) is 3.71. The van der Waals surface area contributed by atoms with Crippen molar-refractivity contribution in [2.75, 3.05) is 6.54 Å². The van der Waals surface area contributed by atoms with Crippen molar-refractivity contribution in [2.24, 2.45) is 5.73 Å². The average molecular weight is 210 g/mol. The third-order valence-electron chi connectivity index (χ3n) is 2.24. The summed E-state index contributed by atoms with van der Waals surface area (Å²) in [5.41, 5.74) is 6.16. The number of likely N-dealkylation sites (N-methyl/N-ethyl adjacent to an activating group) is 1. The first kappa shape index (κ1) is 11.7. The van der Waals surface area contributed by atoms with Crippen molar-refractivity contribution in [1.82, 2.24) is 14.9 Å². The highest BCUT2D eigenvalue weighted by Gasteiger charge is 2.21. The van der Waals surface area contributed by atoms with E-state index in [0.29, 0.717) is 6.54 Å². The molecule has 0 fully saturated rings. The van der Waals surface area contributed by atoms with E-state index in [1.807, 2.05) is 25.3 Å². The summed E-state index contributed by atoms with van der Waals surface area (Å²) in [6, 6.07) is -0.192. The van der Waals surface area contributed by atoms with Crippen LogP contribution in [0.1, 0.15) is 38.5 Å². The summed E-state index contributed by atoms with van der Waals surface area (Å²) in [6.07, 6.45) is 3.39. The summed E-state index contributed by atoms with van der Waals surface area (Å²) in [6.45, 7) is 6.70. The van der Waals surface area contributed by atoms with Gasteiger partial charge in [-0.3, -0.25) is 4.79 Å². The monoisotopic (exact) mass is 210 g/mol. The van der Waals surface area contributed by atoms with E-state index in [4.69, 9.17) is 5.73 Å². The maximum atomic E-state index is 11.3. The molecule has 1 atom stereocenters. The Labute approximate surface area is 89.7 Å². The van der Waals surface area contributed by atoms with Crippen molar-refractivity contribution in [3.05, 3.63) is 18.2 Å². The summed E-state index contributed by atoms with van der Waals surface area (Å²) >= 11 is 0. The minimum absolute atomic E-state index is 0.267. The van der Waals surface area contributed by atoms with Crippen LogP contribution in [0.3, 0.4) is 0 Å². The number of nitrogens with zero attached hydrogens (tertiary/aromatic N) is 2. The molecule has 0 bridgehead atoms. The normalized spacial score (nSPS) is 13.1. The highest BCUT2D eigenvalue weighted by atomic mass is 16.1. The fourth-order valence-corrected chi connectivity index (χ4v) is 1.52. The Balaban J connectivity index is 3.00. The van der Waals surface area contributed by atoms with Gasteiger partial charge in [-0.2, -0.15) is 0 Å². The lowest BCUT2D eigenvalue weighted by Crippen LogP contribution is -2.35. The molecule has 0 aliphatic rings. The van der Waals surface area contributed by atoms with Gasteiger partial charge in [-0.1, -0.05) is 6.92 Å². The Bertz CT molecular complexity index is 332. The molecule has 0 radical (unpaired) electrons. The SMILES string of the molecule is CCNC(C(N)=O)c1cncn1C(C)C. The van der Waals surface area contributed by atoms with Gasteiger partial charge < -0.3 is 15.6 Å². The van der Waals surface area contributed by atoms with Crippen molar-refractivity contribution in [3.63, 3.8) is 0 Å². The van der Waals surface area contributed by atoms with Crippen molar-refractivity contribution in [1.29, 1.82) is 0 Å². The lowest BCUT2D eigenvalue weighted by Gasteiger charge is -2.18. The molecule has 5 heteroatoms. The number of aromatic nitrogens is 2. The summed E-state index contributed by atoms with van der Waals surface area (Å²) in [7, 11) is 0. The molecule has 1 aromatic rings. The molecule has 0 saturated heterocycles. The van der Waals surface area contributed by atoms with Crippen LogP contribution in [0.5, 0.6) is 0 Å². The summed E-state index contributed by atoms with van der Waals surface area (Å²) in [4.78, 5) is 15.3. The standard InChI is InChI=1S/C10H18N4O/c1-4-13-9(10(11)15)8-5-12-6-14(8)7(2)3/h5-7,9,13H,4H2,1-3H3,(H2,11,15). The predicted octanol–water partition coefficient (Wildman–Crippen LogP) is 0.600. The van der Waals surface area contributed by atoms with Crippen LogP contribution in [0.2, 0.25) is 0 Å². The number of rotatable bonds is 5. The van der Waals surface area contributed by atoms with Crippen LogP contribution in [-0.2, 0) is 4.79 Å². The van der Waals surface area contributed by atoms with E-state index < -0.39 is 6.04 Å². The van der Waals surface area contributed by atoms with Gasteiger partial charge in [-0.05, 0) is 20.4 Å². The Morgan fingerprint density at radius 1 is 1.67 bits per heavy atom. The first-order valence-electron chi connectivity index (χ1n) is 5.12. The molecule has 1 unspecified atom stereocenters. The Hall–Kier alpha value is -1.36. The third-order valence-corrected chi connectivity index (χ3v) is 2.24. The first-order chi connectivity index (χ1) is 7.07. The summed E-state index contributed by atoms with van der Waals surface area (Å²) < 4.78 is 1.94. The largest absolute Gasteiger partial charge is 0.368 e. The lowest BCUT2D eigenvalue weighted by molar-refractivity contribution is -0.120. The first-order valence-corrected chi connectivity index (χ1v) is 5.12. The minimum atomic E-state index is -0.458. The van der Waals surface area contributed by atoms with Gasteiger partial charge in [-0.15, -0.1) is 0 Å². The van der Waals surface area contributed by atoms with E-state index in [1.165, 1.54) is 0 Å². The number of amides is 1. The number of imidazole rings is 1. The summed E-state index contributed by atoms with van der Waals surface area (Å²) in [5.74, 6) is -0.376. The molecule has 0 aliphatic carbocycles. The predicted molar refractivity (Wildman–Crippen MR) is 58.2 cm³/mol. The molecule has 0 aliphatic heterocycles.